The number of hydrogen-bond acceptors (Lipinski definition) is 0. The fourth-order valence-corrected chi connectivity index (χ4v) is 2.58. The Bertz CT molecular complexity index is 472. The van der Waals surface area contributed by atoms with Gasteiger partial charge in [-0.1, -0.05) is 58.9 Å². The fraction of sp³-hybridized carbons (Fsp3) is 0.579. The molecule has 0 bridgehead atoms. The third kappa shape index (κ3) is 4.13. The minimum Gasteiger partial charge on any atom is -0.364 e. The summed E-state index contributed by atoms with van der Waals surface area (Å²) >= 11 is 0. The third-order valence-corrected chi connectivity index (χ3v) is 4.65. The van der Waals surface area contributed by atoms with E-state index in [1.807, 2.05) is 6.92 Å². The van der Waals surface area contributed by atoms with Gasteiger partial charge in [-0.2, -0.15) is 0 Å². The molecular weight excluding hydrogens is 242 g/mol. The standard InChI is InChI=1S/C19H31N/c1-8-9-10-11-17-16(5)20-13-18(17)15(4)12-19(6,7)14(2)3/h8-11,13-15,20H,12H2,1-7H3/b9-8-,11-10-. The van der Waals surface area contributed by atoms with Gasteiger partial charge in [-0.25, -0.2) is 0 Å². The molecule has 20 heavy (non-hydrogen) atoms. The van der Waals surface area contributed by atoms with E-state index in [0.29, 0.717) is 17.3 Å². The topological polar surface area (TPSA) is 15.8 Å². The van der Waals surface area contributed by atoms with Crippen LogP contribution in [0.25, 0.3) is 6.08 Å². The number of allylic oxidation sites excluding steroid dienone is 3. The van der Waals surface area contributed by atoms with Crippen LogP contribution >= 0.6 is 0 Å². The van der Waals surface area contributed by atoms with Crippen molar-refractivity contribution < 1.29 is 0 Å². The van der Waals surface area contributed by atoms with Gasteiger partial charge in [-0.3, -0.25) is 0 Å². The molecule has 0 fully saturated rings. The van der Waals surface area contributed by atoms with Crippen LogP contribution in [-0.2, 0) is 0 Å². The molecule has 0 aromatic carbocycles. The summed E-state index contributed by atoms with van der Waals surface area (Å²) in [5.74, 6) is 1.27. The molecule has 1 heterocycles. The lowest BCUT2D eigenvalue weighted by molar-refractivity contribution is 0.215. The second-order valence-electron chi connectivity index (χ2n) is 6.92. The molecular formula is C19H31N. The van der Waals surface area contributed by atoms with Crippen molar-refractivity contribution in [1.82, 2.24) is 4.98 Å². The summed E-state index contributed by atoms with van der Waals surface area (Å²) in [5, 5.41) is 0. The maximum Gasteiger partial charge on any atom is 0.0192 e. The molecule has 1 heteroatoms. The van der Waals surface area contributed by atoms with Crippen molar-refractivity contribution in [3.05, 3.63) is 41.2 Å². The van der Waals surface area contributed by atoms with Crippen LogP contribution < -0.4 is 0 Å². The molecule has 0 saturated carbocycles. The van der Waals surface area contributed by atoms with Gasteiger partial charge in [0.15, 0.2) is 0 Å². The molecule has 1 nitrogen and oxygen atoms in total. The summed E-state index contributed by atoms with van der Waals surface area (Å²) in [4.78, 5) is 3.38. The van der Waals surface area contributed by atoms with Gasteiger partial charge < -0.3 is 4.98 Å². The first-order valence-corrected chi connectivity index (χ1v) is 7.76. The average molecular weight is 273 g/mol. The highest BCUT2D eigenvalue weighted by atomic mass is 14.7. The van der Waals surface area contributed by atoms with Gasteiger partial charge in [-0.05, 0) is 48.6 Å². The highest BCUT2D eigenvalue weighted by Gasteiger charge is 2.26. The summed E-state index contributed by atoms with van der Waals surface area (Å²) in [6.07, 6.45) is 11.9. The third-order valence-electron chi connectivity index (χ3n) is 4.65. The van der Waals surface area contributed by atoms with E-state index in [1.54, 1.807) is 0 Å². The van der Waals surface area contributed by atoms with Crippen molar-refractivity contribution in [2.75, 3.05) is 0 Å². The van der Waals surface area contributed by atoms with Gasteiger partial charge >= 0.3 is 0 Å². The Labute approximate surface area is 125 Å². The van der Waals surface area contributed by atoms with E-state index in [2.05, 4.69) is 77.0 Å². The molecule has 0 aliphatic rings. The normalized spacial score (nSPS) is 14.8. The maximum atomic E-state index is 3.38. The second kappa shape index (κ2) is 6.97. The van der Waals surface area contributed by atoms with Crippen molar-refractivity contribution in [1.29, 1.82) is 0 Å². The minimum absolute atomic E-state index is 0.370. The average Bonchev–Trinajstić information content (AvgIpc) is 2.71. The van der Waals surface area contributed by atoms with Crippen molar-refractivity contribution in [2.45, 2.75) is 60.8 Å². The van der Waals surface area contributed by atoms with E-state index in [1.165, 1.54) is 23.2 Å². The van der Waals surface area contributed by atoms with Gasteiger partial charge in [0.05, 0.1) is 0 Å². The summed E-state index contributed by atoms with van der Waals surface area (Å²) in [6, 6.07) is 0. The Hall–Kier alpha value is -1.24. The first-order chi connectivity index (χ1) is 9.29. The Morgan fingerprint density at radius 2 is 1.85 bits per heavy atom. The molecule has 0 radical (unpaired) electrons. The molecule has 0 aliphatic carbocycles. The Balaban J connectivity index is 2.97. The van der Waals surface area contributed by atoms with Crippen LogP contribution in [0.5, 0.6) is 0 Å². The van der Waals surface area contributed by atoms with Crippen molar-refractivity contribution in [2.24, 2.45) is 11.3 Å². The fourth-order valence-electron chi connectivity index (χ4n) is 2.58. The number of nitrogens with one attached hydrogen (secondary N) is 1. The van der Waals surface area contributed by atoms with Crippen LogP contribution in [0.1, 0.15) is 70.7 Å². The molecule has 112 valence electrons. The molecule has 0 saturated heterocycles. The van der Waals surface area contributed by atoms with Crippen LogP contribution in [0, 0.1) is 18.3 Å². The Kier molecular flexibility index (Phi) is 5.86. The predicted molar refractivity (Wildman–Crippen MR) is 91.0 cm³/mol. The van der Waals surface area contributed by atoms with Crippen LogP contribution in [0.15, 0.2) is 24.4 Å². The second-order valence-corrected chi connectivity index (χ2v) is 6.92. The van der Waals surface area contributed by atoms with Gasteiger partial charge in [0, 0.05) is 11.9 Å². The van der Waals surface area contributed by atoms with Gasteiger partial charge in [0.2, 0.25) is 0 Å². The van der Waals surface area contributed by atoms with E-state index < -0.39 is 0 Å². The maximum absolute atomic E-state index is 3.38. The lowest BCUT2D eigenvalue weighted by atomic mass is 9.73. The van der Waals surface area contributed by atoms with Crippen molar-refractivity contribution >= 4 is 6.08 Å². The zero-order valence-corrected chi connectivity index (χ0v) is 14.2. The quantitative estimate of drug-likeness (QED) is 0.604. The zero-order valence-electron chi connectivity index (χ0n) is 14.2. The Morgan fingerprint density at radius 1 is 1.20 bits per heavy atom. The van der Waals surface area contributed by atoms with Crippen LogP contribution in [-0.4, -0.2) is 4.98 Å². The first kappa shape index (κ1) is 16.8. The number of H-pyrrole nitrogens is 1. The van der Waals surface area contributed by atoms with E-state index in [4.69, 9.17) is 0 Å². The van der Waals surface area contributed by atoms with Crippen LogP contribution in [0.4, 0.5) is 0 Å². The number of rotatable bonds is 6. The number of hydrogen-bond donors (Lipinski definition) is 1. The lowest BCUT2D eigenvalue weighted by Crippen LogP contribution is -2.21. The van der Waals surface area contributed by atoms with Gasteiger partial charge in [0.25, 0.3) is 0 Å². The highest BCUT2D eigenvalue weighted by molar-refractivity contribution is 5.58. The molecule has 1 N–H and O–H groups in total. The minimum atomic E-state index is 0.370. The van der Waals surface area contributed by atoms with E-state index in [9.17, 15) is 0 Å². The smallest absolute Gasteiger partial charge is 0.0192 e. The van der Waals surface area contributed by atoms with E-state index in [0.717, 1.165) is 0 Å². The summed E-state index contributed by atoms with van der Waals surface area (Å²) in [7, 11) is 0. The Morgan fingerprint density at radius 3 is 2.40 bits per heavy atom. The summed E-state index contributed by atoms with van der Waals surface area (Å²) < 4.78 is 0. The molecule has 1 rings (SSSR count). The van der Waals surface area contributed by atoms with Crippen LogP contribution in [0.3, 0.4) is 0 Å². The predicted octanol–water partition coefficient (Wildman–Crippen LogP) is 6.09. The zero-order chi connectivity index (χ0) is 15.3. The van der Waals surface area contributed by atoms with Gasteiger partial charge in [0.1, 0.15) is 0 Å². The van der Waals surface area contributed by atoms with Crippen molar-refractivity contribution in [3.8, 4) is 0 Å². The molecule has 0 amide bonds. The molecule has 1 atom stereocenters. The number of aryl methyl sites for hydroxylation is 1. The SMILES string of the molecule is C/C=C\C=C/c1c(C(C)CC(C)(C)C(C)C)c[nH]c1C. The largest absolute Gasteiger partial charge is 0.364 e. The molecule has 0 spiro atoms. The lowest BCUT2D eigenvalue weighted by Gasteiger charge is -2.32. The monoisotopic (exact) mass is 273 g/mol. The summed E-state index contributed by atoms with van der Waals surface area (Å²) in [5.41, 5.74) is 4.43. The van der Waals surface area contributed by atoms with E-state index in [-0.39, 0.29) is 0 Å². The first-order valence-electron chi connectivity index (χ1n) is 7.76. The highest BCUT2D eigenvalue weighted by Crippen LogP contribution is 2.38. The number of aromatic nitrogens is 1. The van der Waals surface area contributed by atoms with E-state index >= 15 is 0 Å². The van der Waals surface area contributed by atoms with Gasteiger partial charge in [-0.15, -0.1) is 0 Å². The van der Waals surface area contributed by atoms with Crippen LogP contribution in [0.2, 0.25) is 0 Å². The summed E-state index contributed by atoms with van der Waals surface area (Å²) in [6.45, 7) is 15.9. The molecule has 0 aliphatic heterocycles. The molecule has 1 aromatic rings. The van der Waals surface area contributed by atoms with Crippen molar-refractivity contribution in [3.63, 3.8) is 0 Å². The molecule has 1 unspecified atom stereocenters. The molecule has 1 aromatic heterocycles. The number of aromatic amines is 1.